The highest BCUT2D eigenvalue weighted by Gasteiger charge is 2.23. The molecular weight excluding hydrogens is 332 g/mol. The van der Waals surface area contributed by atoms with Crippen LogP contribution in [0.5, 0.6) is 5.75 Å². The minimum absolute atomic E-state index is 0.262. The van der Waals surface area contributed by atoms with Crippen molar-refractivity contribution in [2.24, 2.45) is 0 Å². The molecular formula is C21H26O3S. The van der Waals surface area contributed by atoms with Gasteiger partial charge in [-0.1, -0.05) is 24.1 Å². The van der Waals surface area contributed by atoms with Crippen LogP contribution >= 0.6 is 0 Å². The first kappa shape index (κ1) is 18.0. The van der Waals surface area contributed by atoms with Gasteiger partial charge in [-0.05, 0) is 81.8 Å². The number of benzene rings is 2. The van der Waals surface area contributed by atoms with E-state index in [1.54, 1.807) is 24.3 Å². The average molecular weight is 359 g/mol. The number of rotatable bonds is 4. The minimum atomic E-state index is -3.52. The van der Waals surface area contributed by atoms with E-state index in [4.69, 9.17) is 4.74 Å². The topological polar surface area (TPSA) is 43.4 Å². The van der Waals surface area contributed by atoms with Gasteiger partial charge in [0.2, 0.25) is 9.84 Å². The van der Waals surface area contributed by atoms with Gasteiger partial charge >= 0.3 is 0 Å². The summed E-state index contributed by atoms with van der Waals surface area (Å²) in [5.74, 6) is 0.753. The Morgan fingerprint density at radius 1 is 0.880 bits per heavy atom. The fourth-order valence-electron chi connectivity index (χ4n) is 3.78. The van der Waals surface area contributed by atoms with Crippen LogP contribution < -0.4 is 4.74 Å². The highest BCUT2D eigenvalue weighted by molar-refractivity contribution is 7.91. The molecule has 0 aromatic heterocycles. The second-order valence-corrected chi connectivity index (χ2v) is 8.97. The summed E-state index contributed by atoms with van der Waals surface area (Å²) in [6, 6.07) is 10.7. The van der Waals surface area contributed by atoms with E-state index >= 15 is 0 Å². The maximum absolute atomic E-state index is 13.0. The Labute approximate surface area is 151 Å². The van der Waals surface area contributed by atoms with Gasteiger partial charge in [0.1, 0.15) is 5.75 Å². The van der Waals surface area contributed by atoms with E-state index in [1.165, 1.54) is 19.3 Å². The predicted molar refractivity (Wildman–Crippen MR) is 100 cm³/mol. The molecule has 134 valence electrons. The quantitative estimate of drug-likeness (QED) is 0.758. The van der Waals surface area contributed by atoms with E-state index in [0.29, 0.717) is 9.79 Å². The zero-order valence-electron chi connectivity index (χ0n) is 15.2. The molecule has 3 rings (SSSR count). The lowest BCUT2D eigenvalue weighted by atomic mass is 9.98. The lowest BCUT2D eigenvalue weighted by Gasteiger charge is -2.23. The van der Waals surface area contributed by atoms with Gasteiger partial charge in [-0.3, -0.25) is 0 Å². The highest BCUT2D eigenvalue weighted by Crippen LogP contribution is 2.30. The molecule has 4 heteroatoms. The summed E-state index contributed by atoms with van der Waals surface area (Å²) in [5, 5.41) is 0. The van der Waals surface area contributed by atoms with Gasteiger partial charge in [0.25, 0.3) is 0 Å². The van der Waals surface area contributed by atoms with Gasteiger partial charge in [-0.25, -0.2) is 8.42 Å². The fourth-order valence-corrected chi connectivity index (χ4v) is 5.48. The van der Waals surface area contributed by atoms with E-state index in [-0.39, 0.29) is 6.10 Å². The molecule has 0 N–H and O–H groups in total. The monoisotopic (exact) mass is 358 g/mol. The van der Waals surface area contributed by atoms with E-state index < -0.39 is 9.84 Å². The SMILES string of the molecule is Cc1cc(C)c(S(=O)(=O)c2ccc(OC3CCCCC3)cc2)c(C)c1. The van der Waals surface area contributed by atoms with Crippen molar-refractivity contribution in [3.63, 3.8) is 0 Å². The molecule has 0 atom stereocenters. The summed E-state index contributed by atoms with van der Waals surface area (Å²) in [6.07, 6.45) is 6.14. The second kappa shape index (κ2) is 7.20. The van der Waals surface area contributed by atoms with Crippen molar-refractivity contribution in [3.05, 3.63) is 53.1 Å². The minimum Gasteiger partial charge on any atom is -0.490 e. The van der Waals surface area contributed by atoms with Gasteiger partial charge in [-0.15, -0.1) is 0 Å². The summed E-state index contributed by atoms with van der Waals surface area (Å²) in [4.78, 5) is 0.734. The van der Waals surface area contributed by atoms with Crippen LogP contribution in [0.4, 0.5) is 0 Å². The summed E-state index contributed by atoms with van der Waals surface area (Å²) in [6.45, 7) is 5.69. The van der Waals surface area contributed by atoms with Gasteiger partial charge < -0.3 is 4.74 Å². The van der Waals surface area contributed by atoms with Crippen LogP contribution in [0.2, 0.25) is 0 Å². The summed E-state index contributed by atoms with van der Waals surface area (Å²) < 4.78 is 32.1. The standard InChI is InChI=1S/C21H26O3S/c1-15-13-16(2)21(17(3)14-15)25(22,23)20-11-9-19(10-12-20)24-18-7-5-4-6-8-18/h9-14,18H,4-8H2,1-3H3. The van der Waals surface area contributed by atoms with Crippen molar-refractivity contribution in [2.75, 3.05) is 0 Å². The molecule has 0 aliphatic heterocycles. The number of aryl methyl sites for hydroxylation is 3. The molecule has 2 aromatic rings. The Bertz CT molecular complexity index is 822. The van der Waals surface area contributed by atoms with Crippen LogP contribution in [0.1, 0.15) is 48.8 Å². The van der Waals surface area contributed by atoms with E-state index in [2.05, 4.69) is 0 Å². The predicted octanol–water partition coefficient (Wildman–Crippen LogP) is 5.16. The molecule has 0 radical (unpaired) electrons. The van der Waals surface area contributed by atoms with Crippen molar-refractivity contribution in [1.29, 1.82) is 0 Å². The third kappa shape index (κ3) is 3.90. The Balaban J connectivity index is 1.86. The normalized spacial score (nSPS) is 16.0. The number of ether oxygens (including phenoxy) is 1. The van der Waals surface area contributed by atoms with Gasteiger partial charge in [0, 0.05) is 0 Å². The van der Waals surface area contributed by atoms with Gasteiger partial charge in [0.15, 0.2) is 0 Å². The van der Waals surface area contributed by atoms with Crippen molar-refractivity contribution >= 4 is 9.84 Å². The lowest BCUT2D eigenvalue weighted by molar-refractivity contribution is 0.155. The molecule has 1 aliphatic carbocycles. The number of hydrogen-bond acceptors (Lipinski definition) is 3. The molecule has 0 spiro atoms. The van der Waals surface area contributed by atoms with E-state index in [1.807, 2.05) is 32.9 Å². The van der Waals surface area contributed by atoms with Gasteiger partial charge in [0.05, 0.1) is 15.9 Å². The average Bonchev–Trinajstić information content (AvgIpc) is 2.55. The van der Waals surface area contributed by atoms with Crippen molar-refractivity contribution in [1.82, 2.24) is 0 Å². The van der Waals surface area contributed by atoms with E-state index in [0.717, 1.165) is 35.3 Å². The molecule has 1 saturated carbocycles. The maximum Gasteiger partial charge on any atom is 0.207 e. The molecule has 0 amide bonds. The lowest BCUT2D eigenvalue weighted by Crippen LogP contribution is -2.19. The first-order chi connectivity index (χ1) is 11.9. The van der Waals surface area contributed by atoms with Crippen LogP contribution in [0.3, 0.4) is 0 Å². The summed E-state index contributed by atoms with van der Waals surface area (Å²) >= 11 is 0. The van der Waals surface area contributed by atoms with Crippen LogP contribution in [0.25, 0.3) is 0 Å². The zero-order valence-corrected chi connectivity index (χ0v) is 16.0. The first-order valence-corrected chi connectivity index (χ1v) is 10.5. The van der Waals surface area contributed by atoms with Crippen LogP contribution in [-0.4, -0.2) is 14.5 Å². The van der Waals surface area contributed by atoms with Gasteiger partial charge in [-0.2, -0.15) is 0 Å². The molecule has 2 aromatic carbocycles. The second-order valence-electron chi connectivity index (χ2n) is 7.08. The Morgan fingerprint density at radius 3 is 2.00 bits per heavy atom. The molecule has 0 heterocycles. The first-order valence-electron chi connectivity index (χ1n) is 8.97. The number of sulfone groups is 1. The smallest absolute Gasteiger partial charge is 0.207 e. The highest BCUT2D eigenvalue weighted by atomic mass is 32.2. The van der Waals surface area contributed by atoms with Crippen LogP contribution in [-0.2, 0) is 9.84 Å². The third-order valence-electron chi connectivity index (χ3n) is 4.86. The third-order valence-corrected chi connectivity index (χ3v) is 6.94. The molecule has 3 nitrogen and oxygen atoms in total. The zero-order chi connectivity index (χ0) is 18.0. The Morgan fingerprint density at radius 2 is 1.44 bits per heavy atom. The maximum atomic E-state index is 13.0. The molecule has 0 unspecified atom stereocenters. The molecule has 1 aliphatic rings. The van der Waals surface area contributed by atoms with Crippen LogP contribution in [0, 0.1) is 20.8 Å². The Hall–Kier alpha value is -1.81. The molecule has 0 bridgehead atoms. The van der Waals surface area contributed by atoms with Crippen molar-refractivity contribution in [2.45, 2.75) is 68.8 Å². The largest absolute Gasteiger partial charge is 0.490 e. The van der Waals surface area contributed by atoms with Crippen molar-refractivity contribution < 1.29 is 13.2 Å². The number of hydrogen-bond donors (Lipinski definition) is 0. The van der Waals surface area contributed by atoms with Crippen LogP contribution in [0.15, 0.2) is 46.2 Å². The van der Waals surface area contributed by atoms with E-state index in [9.17, 15) is 8.42 Å². The molecule has 1 fully saturated rings. The van der Waals surface area contributed by atoms with Crippen molar-refractivity contribution in [3.8, 4) is 5.75 Å². The molecule has 25 heavy (non-hydrogen) atoms. The fraction of sp³-hybridized carbons (Fsp3) is 0.429. The Kier molecular flexibility index (Phi) is 5.19. The summed E-state index contributed by atoms with van der Waals surface area (Å²) in [7, 11) is -3.52. The summed E-state index contributed by atoms with van der Waals surface area (Å²) in [5.41, 5.74) is 2.66. The molecule has 0 saturated heterocycles.